The number of fused-ring (bicyclic) bond motifs is 3. The second kappa shape index (κ2) is 7.58. The van der Waals surface area contributed by atoms with Gasteiger partial charge in [0.05, 0.1) is 16.6 Å². The van der Waals surface area contributed by atoms with Crippen LogP contribution in [0.1, 0.15) is 50.0 Å². The highest BCUT2D eigenvalue weighted by molar-refractivity contribution is 7.90. The number of ether oxygens (including phenoxy) is 1. The van der Waals surface area contributed by atoms with Gasteiger partial charge in [0.15, 0.2) is 5.65 Å². The molecule has 6 rings (SSSR count). The minimum absolute atomic E-state index is 0.205. The third-order valence-corrected chi connectivity index (χ3v) is 8.26. The van der Waals surface area contributed by atoms with Crippen molar-refractivity contribution in [3.05, 3.63) is 54.6 Å². The van der Waals surface area contributed by atoms with Crippen molar-refractivity contribution in [3.8, 4) is 0 Å². The summed E-state index contributed by atoms with van der Waals surface area (Å²) in [6.07, 6.45) is 8.17. The summed E-state index contributed by atoms with van der Waals surface area (Å²) in [6.45, 7) is 0.217. The molecule has 4 heterocycles. The number of amides is 1. The van der Waals surface area contributed by atoms with E-state index >= 15 is 0 Å². The zero-order valence-electron chi connectivity index (χ0n) is 17.8. The van der Waals surface area contributed by atoms with Crippen molar-refractivity contribution in [2.75, 3.05) is 6.61 Å². The van der Waals surface area contributed by atoms with Crippen LogP contribution < -0.4 is 5.32 Å². The van der Waals surface area contributed by atoms with Crippen molar-refractivity contribution in [1.29, 1.82) is 0 Å². The maximum atomic E-state index is 13.3. The number of nitrogens with one attached hydrogen (secondary N) is 1. The Balaban J connectivity index is 1.58. The quantitative estimate of drug-likeness (QED) is 0.490. The van der Waals surface area contributed by atoms with Gasteiger partial charge in [-0.1, -0.05) is 37.5 Å². The molecule has 3 aromatic heterocycles. The summed E-state index contributed by atoms with van der Waals surface area (Å²) >= 11 is 0. The SMILES string of the molecule is O=C1NC(c2nc3cnc4c(ccn4S(=O)(=O)c4ccccc4)c3n2C2CCCCC2)CO1. The highest BCUT2D eigenvalue weighted by atomic mass is 32.2. The van der Waals surface area contributed by atoms with Gasteiger partial charge in [-0.05, 0) is 31.0 Å². The number of aromatic nitrogens is 4. The Morgan fingerprint density at radius 2 is 1.85 bits per heavy atom. The van der Waals surface area contributed by atoms with E-state index in [1.54, 1.807) is 48.8 Å². The Morgan fingerprint density at radius 3 is 2.58 bits per heavy atom. The molecule has 10 heteroatoms. The van der Waals surface area contributed by atoms with E-state index in [1.165, 1.54) is 10.4 Å². The van der Waals surface area contributed by atoms with Gasteiger partial charge in [-0.2, -0.15) is 0 Å². The summed E-state index contributed by atoms with van der Waals surface area (Å²) < 4.78 is 35.2. The first kappa shape index (κ1) is 20.2. The predicted molar refractivity (Wildman–Crippen MR) is 121 cm³/mol. The molecule has 1 atom stereocenters. The largest absolute Gasteiger partial charge is 0.447 e. The monoisotopic (exact) mass is 465 g/mol. The van der Waals surface area contributed by atoms with Crippen molar-refractivity contribution in [2.24, 2.45) is 0 Å². The molecular weight excluding hydrogens is 442 g/mol. The molecule has 1 N–H and O–H groups in total. The number of nitrogens with zero attached hydrogens (tertiary/aromatic N) is 4. The molecule has 1 aromatic carbocycles. The Hall–Kier alpha value is -3.40. The van der Waals surface area contributed by atoms with E-state index in [1.807, 2.05) is 0 Å². The average Bonchev–Trinajstić information content (AvgIpc) is 3.56. The molecule has 0 bridgehead atoms. The van der Waals surface area contributed by atoms with Gasteiger partial charge < -0.3 is 14.6 Å². The summed E-state index contributed by atoms with van der Waals surface area (Å²) in [5.74, 6) is 0.732. The van der Waals surface area contributed by atoms with Crippen LogP contribution in [-0.4, -0.2) is 39.6 Å². The molecule has 170 valence electrons. The van der Waals surface area contributed by atoms with E-state index in [0.717, 1.165) is 42.4 Å². The first-order valence-corrected chi connectivity index (χ1v) is 12.6. The predicted octanol–water partition coefficient (Wildman–Crippen LogP) is 3.91. The lowest BCUT2D eigenvalue weighted by molar-refractivity contribution is 0.176. The lowest BCUT2D eigenvalue weighted by Gasteiger charge is -2.26. The van der Waals surface area contributed by atoms with Gasteiger partial charge in [-0.3, -0.25) is 0 Å². The van der Waals surface area contributed by atoms with Gasteiger partial charge in [-0.15, -0.1) is 0 Å². The Bertz CT molecular complexity index is 1470. The smallest absolute Gasteiger partial charge is 0.407 e. The number of hydrogen-bond acceptors (Lipinski definition) is 6. The third kappa shape index (κ3) is 3.19. The van der Waals surface area contributed by atoms with Crippen molar-refractivity contribution in [2.45, 2.75) is 49.1 Å². The molecule has 9 nitrogen and oxygen atoms in total. The van der Waals surface area contributed by atoms with Crippen LogP contribution in [0.25, 0.3) is 22.1 Å². The van der Waals surface area contributed by atoms with E-state index in [0.29, 0.717) is 11.2 Å². The molecule has 1 aliphatic carbocycles. The van der Waals surface area contributed by atoms with E-state index in [-0.39, 0.29) is 23.6 Å². The number of carbonyl (C=O) groups is 1. The molecule has 0 spiro atoms. The molecule has 2 fully saturated rings. The number of benzene rings is 1. The maximum Gasteiger partial charge on any atom is 0.407 e. The second-order valence-corrected chi connectivity index (χ2v) is 10.4. The molecule has 1 unspecified atom stereocenters. The molecule has 33 heavy (non-hydrogen) atoms. The third-order valence-electron chi connectivity index (χ3n) is 6.58. The normalized spacial score (nSPS) is 19.8. The molecule has 1 saturated carbocycles. The van der Waals surface area contributed by atoms with Crippen LogP contribution >= 0.6 is 0 Å². The number of carbonyl (C=O) groups excluding carboxylic acids is 1. The zero-order chi connectivity index (χ0) is 22.6. The van der Waals surface area contributed by atoms with E-state index < -0.39 is 16.1 Å². The number of hydrogen-bond donors (Lipinski definition) is 1. The van der Waals surface area contributed by atoms with E-state index in [2.05, 4.69) is 14.9 Å². The number of imidazole rings is 1. The Morgan fingerprint density at radius 1 is 1.06 bits per heavy atom. The van der Waals surface area contributed by atoms with Gasteiger partial charge in [0.25, 0.3) is 10.0 Å². The fourth-order valence-electron chi connectivity index (χ4n) is 5.04. The summed E-state index contributed by atoms with van der Waals surface area (Å²) in [7, 11) is -3.80. The van der Waals surface area contributed by atoms with Gasteiger partial charge in [0.1, 0.15) is 24.0 Å². The van der Waals surface area contributed by atoms with Crippen molar-refractivity contribution < 1.29 is 17.9 Å². The van der Waals surface area contributed by atoms with Gasteiger partial charge >= 0.3 is 6.09 Å². The first-order valence-electron chi connectivity index (χ1n) is 11.2. The lowest BCUT2D eigenvalue weighted by atomic mass is 9.95. The van der Waals surface area contributed by atoms with Crippen LogP contribution in [0.4, 0.5) is 4.79 Å². The first-order chi connectivity index (χ1) is 16.0. The molecule has 1 amide bonds. The number of alkyl carbamates (subject to hydrolysis) is 1. The molecule has 4 aromatic rings. The number of cyclic esters (lactones) is 1. The van der Waals surface area contributed by atoms with Crippen LogP contribution in [0, 0.1) is 0 Å². The summed E-state index contributed by atoms with van der Waals surface area (Å²) in [6, 6.07) is 10.00. The minimum atomic E-state index is -3.80. The minimum Gasteiger partial charge on any atom is -0.447 e. The van der Waals surface area contributed by atoms with Crippen molar-refractivity contribution >= 4 is 38.2 Å². The topological polar surface area (TPSA) is 108 Å². The van der Waals surface area contributed by atoms with Crippen LogP contribution in [0.15, 0.2) is 53.7 Å². The summed E-state index contributed by atoms with van der Waals surface area (Å²) in [5, 5.41) is 3.57. The van der Waals surface area contributed by atoms with Crippen LogP contribution in [0.2, 0.25) is 0 Å². The molecule has 2 aliphatic rings. The van der Waals surface area contributed by atoms with Crippen LogP contribution in [-0.2, 0) is 14.8 Å². The Kier molecular flexibility index (Phi) is 4.65. The van der Waals surface area contributed by atoms with Gasteiger partial charge in [-0.25, -0.2) is 27.2 Å². The summed E-state index contributed by atoms with van der Waals surface area (Å²) in [5.41, 5.74) is 1.89. The highest BCUT2D eigenvalue weighted by Gasteiger charge is 2.33. The fraction of sp³-hybridized carbons (Fsp3) is 0.348. The molecule has 0 radical (unpaired) electrons. The highest BCUT2D eigenvalue weighted by Crippen LogP contribution is 2.37. The number of rotatable bonds is 4. The molecule has 1 aliphatic heterocycles. The van der Waals surface area contributed by atoms with Gasteiger partial charge in [0, 0.05) is 17.6 Å². The Labute approximate surface area is 190 Å². The summed E-state index contributed by atoms with van der Waals surface area (Å²) in [4.78, 5) is 21.3. The zero-order valence-corrected chi connectivity index (χ0v) is 18.7. The van der Waals surface area contributed by atoms with Crippen LogP contribution in [0.3, 0.4) is 0 Å². The van der Waals surface area contributed by atoms with Crippen LogP contribution in [0.5, 0.6) is 0 Å². The molecule has 1 saturated heterocycles. The van der Waals surface area contributed by atoms with E-state index in [9.17, 15) is 13.2 Å². The number of pyridine rings is 1. The average molecular weight is 466 g/mol. The fourth-order valence-corrected chi connectivity index (χ4v) is 6.37. The lowest BCUT2D eigenvalue weighted by Crippen LogP contribution is -2.24. The van der Waals surface area contributed by atoms with Crippen molar-refractivity contribution in [3.63, 3.8) is 0 Å². The van der Waals surface area contributed by atoms with Crippen molar-refractivity contribution in [1.82, 2.24) is 23.8 Å². The van der Waals surface area contributed by atoms with Gasteiger partial charge in [0.2, 0.25) is 0 Å². The maximum absolute atomic E-state index is 13.3. The standard InChI is InChI=1S/C23H23N5O4S/c29-23-26-19(14-32-23)22-25-18-13-24-21-17(20(18)28(22)15-7-3-1-4-8-15)11-12-27(21)33(30,31)16-9-5-2-6-10-16/h2,5-6,9-13,15,19H,1,3-4,7-8,14H2,(H,26,29). The van der Waals surface area contributed by atoms with E-state index in [4.69, 9.17) is 9.72 Å². The molecular formula is C23H23N5O4S. The second-order valence-electron chi connectivity index (χ2n) is 8.59.